The maximum absolute atomic E-state index is 14.8. The largest absolute Gasteiger partial charge is 0.464 e. The fourth-order valence-corrected chi connectivity index (χ4v) is 3.27. The third-order valence-corrected chi connectivity index (χ3v) is 4.82. The molecule has 2 aromatic rings. The molecule has 0 saturated carbocycles. The molecular formula is C20H20FN3O5. The number of carbonyl (C=O) groups excluding carboxylic acids is 3. The zero-order chi connectivity index (χ0) is 21.1. The summed E-state index contributed by atoms with van der Waals surface area (Å²) in [4.78, 5) is 40.5. The molecule has 2 amide bonds. The molecule has 29 heavy (non-hydrogen) atoms. The van der Waals surface area contributed by atoms with Gasteiger partial charge in [-0.2, -0.15) is 0 Å². The Bertz CT molecular complexity index is 965. The third-order valence-electron chi connectivity index (χ3n) is 4.82. The molecule has 3 rings (SSSR count). The minimum atomic E-state index is -0.685. The molecule has 0 aliphatic carbocycles. The highest BCUT2D eigenvalue weighted by Crippen LogP contribution is 2.31. The molecule has 1 aliphatic heterocycles. The molecule has 2 heterocycles. The van der Waals surface area contributed by atoms with Crippen molar-refractivity contribution >= 4 is 23.7 Å². The number of ether oxygens (including phenoxy) is 2. The smallest absolute Gasteiger partial charge is 0.414 e. The van der Waals surface area contributed by atoms with Crippen molar-refractivity contribution in [3.63, 3.8) is 0 Å². The molecule has 8 nitrogen and oxygen atoms in total. The molecule has 1 fully saturated rings. The average molecular weight is 401 g/mol. The van der Waals surface area contributed by atoms with Crippen molar-refractivity contribution in [1.82, 2.24) is 4.98 Å². The summed E-state index contributed by atoms with van der Waals surface area (Å²) in [6.45, 7) is 1.87. The first-order chi connectivity index (χ1) is 13.8. The van der Waals surface area contributed by atoms with Crippen molar-refractivity contribution in [3.8, 4) is 11.1 Å². The van der Waals surface area contributed by atoms with Gasteiger partial charge in [-0.1, -0.05) is 6.92 Å². The Hall–Kier alpha value is -3.49. The van der Waals surface area contributed by atoms with E-state index in [0.717, 1.165) is 0 Å². The van der Waals surface area contributed by atoms with E-state index in [2.05, 4.69) is 9.72 Å². The summed E-state index contributed by atoms with van der Waals surface area (Å²) in [5.74, 6) is -2.38. The summed E-state index contributed by atoms with van der Waals surface area (Å²) in [5.41, 5.74) is 6.37. The number of esters is 1. The van der Waals surface area contributed by atoms with Crippen LogP contribution in [0.25, 0.3) is 11.1 Å². The molecule has 2 N–H and O–H groups in total. The van der Waals surface area contributed by atoms with Crippen LogP contribution in [0, 0.1) is 11.7 Å². The van der Waals surface area contributed by atoms with Gasteiger partial charge in [0.1, 0.15) is 17.6 Å². The number of methoxy groups -OCH3 is 1. The van der Waals surface area contributed by atoms with Crippen molar-refractivity contribution in [2.75, 3.05) is 18.6 Å². The van der Waals surface area contributed by atoms with Gasteiger partial charge in [-0.25, -0.2) is 19.0 Å². The summed E-state index contributed by atoms with van der Waals surface area (Å²) < 4.78 is 24.7. The maximum atomic E-state index is 14.8. The van der Waals surface area contributed by atoms with Gasteiger partial charge in [0.25, 0.3) is 0 Å². The quantitative estimate of drug-likeness (QED) is 0.745. The van der Waals surface area contributed by atoms with Gasteiger partial charge in [0.2, 0.25) is 5.91 Å². The van der Waals surface area contributed by atoms with Gasteiger partial charge in [0.15, 0.2) is 0 Å². The number of primary amides is 1. The number of pyridine rings is 1. The van der Waals surface area contributed by atoms with Crippen LogP contribution in [0.3, 0.4) is 0 Å². The number of carbonyl (C=O) groups is 3. The van der Waals surface area contributed by atoms with Crippen LogP contribution in [0.4, 0.5) is 14.9 Å². The number of benzene rings is 1. The van der Waals surface area contributed by atoms with Crippen molar-refractivity contribution in [2.45, 2.75) is 19.4 Å². The second kappa shape index (κ2) is 8.26. The highest BCUT2D eigenvalue weighted by atomic mass is 19.1. The lowest BCUT2D eigenvalue weighted by Crippen LogP contribution is -2.35. The topological polar surface area (TPSA) is 112 Å². The Labute approximate surface area is 166 Å². The number of halogens is 1. The number of cyclic esters (lactones) is 1. The van der Waals surface area contributed by atoms with E-state index in [-0.39, 0.29) is 17.8 Å². The van der Waals surface area contributed by atoms with Crippen LogP contribution in [0.5, 0.6) is 0 Å². The van der Waals surface area contributed by atoms with Crippen LogP contribution in [0.2, 0.25) is 0 Å². The Kier molecular flexibility index (Phi) is 5.76. The number of hydrogen-bond acceptors (Lipinski definition) is 6. The predicted octanol–water partition coefficient (Wildman–Crippen LogP) is 2.51. The van der Waals surface area contributed by atoms with E-state index < -0.39 is 35.8 Å². The molecule has 0 radical (unpaired) electrons. The summed E-state index contributed by atoms with van der Waals surface area (Å²) in [6.07, 6.45) is 0.458. The summed E-state index contributed by atoms with van der Waals surface area (Å²) in [7, 11) is 1.23. The lowest BCUT2D eigenvalue weighted by atomic mass is 9.98. The highest BCUT2D eigenvalue weighted by Gasteiger charge is 2.39. The van der Waals surface area contributed by atoms with Crippen molar-refractivity contribution in [2.24, 2.45) is 11.7 Å². The number of nitrogens with zero attached hydrogens (tertiary/aromatic N) is 2. The number of anilines is 1. The van der Waals surface area contributed by atoms with Gasteiger partial charge in [-0.3, -0.25) is 9.69 Å². The van der Waals surface area contributed by atoms with Gasteiger partial charge >= 0.3 is 12.1 Å². The Morgan fingerprint density at radius 1 is 1.38 bits per heavy atom. The van der Waals surface area contributed by atoms with Gasteiger partial charge < -0.3 is 15.2 Å². The Balaban J connectivity index is 1.86. The second-order valence-electron chi connectivity index (χ2n) is 6.54. The molecular weight excluding hydrogens is 381 g/mol. The number of aromatic nitrogens is 1. The first-order valence-electron chi connectivity index (χ1n) is 8.97. The molecule has 152 valence electrons. The SMILES string of the molecule is CCC(C(N)=O)C1CN(c2ccc(-c3ccnc(C(=O)OC)c3)c(F)c2)C(=O)O1. The number of hydrogen-bond donors (Lipinski definition) is 1. The van der Waals surface area contributed by atoms with Gasteiger partial charge in [-0.15, -0.1) is 0 Å². The Morgan fingerprint density at radius 2 is 2.14 bits per heavy atom. The number of rotatable bonds is 6. The van der Waals surface area contributed by atoms with E-state index in [9.17, 15) is 18.8 Å². The van der Waals surface area contributed by atoms with Gasteiger partial charge in [0, 0.05) is 11.8 Å². The van der Waals surface area contributed by atoms with E-state index in [0.29, 0.717) is 17.7 Å². The van der Waals surface area contributed by atoms with E-state index in [1.54, 1.807) is 19.1 Å². The molecule has 1 aliphatic rings. The standard InChI is InChI=1S/C20H20FN3O5/c1-3-13(18(22)25)17-10-24(20(27)29-17)12-4-5-14(15(21)9-12)11-6-7-23-16(8-11)19(26)28-2/h4-9,13,17H,3,10H2,1-2H3,(H2,22,25). The van der Waals surface area contributed by atoms with Crippen LogP contribution in [-0.4, -0.2) is 42.7 Å². The van der Waals surface area contributed by atoms with E-state index in [4.69, 9.17) is 10.5 Å². The van der Waals surface area contributed by atoms with Crippen molar-refractivity contribution in [3.05, 3.63) is 48.0 Å². The van der Waals surface area contributed by atoms with Crippen LogP contribution >= 0.6 is 0 Å². The molecule has 0 bridgehead atoms. The summed E-state index contributed by atoms with van der Waals surface area (Å²) in [6, 6.07) is 7.23. The first-order valence-corrected chi connectivity index (χ1v) is 8.97. The monoisotopic (exact) mass is 401 g/mol. The van der Waals surface area contributed by atoms with E-state index >= 15 is 0 Å². The maximum Gasteiger partial charge on any atom is 0.414 e. The fourth-order valence-electron chi connectivity index (χ4n) is 3.27. The van der Waals surface area contributed by atoms with Crippen LogP contribution in [0.15, 0.2) is 36.5 Å². The molecule has 2 atom stereocenters. The van der Waals surface area contributed by atoms with Crippen LogP contribution < -0.4 is 10.6 Å². The highest BCUT2D eigenvalue weighted by molar-refractivity contribution is 5.91. The number of amides is 2. The molecule has 1 aromatic carbocycles. The van der Waals surface area contributed by atoms with Gasteiger partial charge in [0.05, 0.1) is 25.3 Å². The van der Waals surface area contributed by atoms with E-state index in [1.807, 2.05) is 0 Å². The fraction of sp³-hybridized carbons (Fsp3) is 0.300. The Morgan fingerprint density at radius 3 is 2.76 bits per heavy atom. The van der Waals surface area contributed by atoms with Gasteiger partial charge in [-0.05, 0) is 42.3 Å². The van der Waals surface area contributed by atoms with E-state index in [1.165, 1.54) is 36.4 Å². The second-order valence-corrected chi connectivity index (χ2v) is 6.54. The number of nitrogens with two attached hydrogens (primary N) is 1. The molecule has 9 heteroatoms. The summed E-state index contributed by atoms with van der Waals surface area (Å²) in [5, 5.41) is 0. The zero-order valence-corrected chi connectivity index (χ0v) is 15.9. The molecule has 1 saturated heterocycles. The lowest BCUT2D eigenvalue weighted by molar-refractivity contribution is -0.124. The third kappa shape index (κ3) is 4.03. The zero-order valence-electron chi connectivity index (χ0n) is 15.9. The van der Waals surface area contributed by atoms with Crippen LogP contribution in [0.1, 0.15) is 23.8 Å². The van der Waals surface area contributed by atoms with Crippen molar-refractivity contribution in [1.29, 1.82) is 0 Å². The minimum Gasteiger partial charge on any atom is -0.464 e. The predicted molar refractivity (Wildman–Crippen MR) is 102 cm³/mol. The van der Waals surface area contributed by atoms with Crippen LogP contribution in [-0.2, 0) is 14.3 Å². The lowest BCUT2D eigenvalue weighted by Gasteiger charge is -2.17. The molecule has 2 unspecified atom stereocenters. The summed E-state index contributed by atoms with van der Waals surface area (Å²) >= 11 is 0. The minimum absolute atomic E-state index is 0.0523. The first kappa shape index (κ1) is 20.2. The average Bonchev–Trinajstić information content (AvgIpc) is 3.08. The normalized spacial score (nSPS) is 17.0. The van der Waals surface area contributed by atoms with Crippen molar-refractivity contribution < 1.29 is 28.2 Å². The molecule has 0 spiro atoms. The molecule has 1 aromatic heterocycles.